The number of fused-ring (bicyclic) bond motifs is 1. The van der Waals surface area contributed by atoms with Crippen LogP contribution in [-0.2, 0) is 0 Å². The number of aromatic amines is 1. The van der Waals surface area contributed by atoms with Crippen LogP contribution in [0.5, 0.6) is 11.5 Å². The third-order valence-corrected chi connectivity index (χ3v) is 3.28. The molecule has 1 aliphatic rings. The first-order chi connectivity index (χ1) is 10.6. The molecule has 0 aliphatic carbocycles. The van der Waals surface area contributed by atoms with E-state index in [9.17, 15) is 9.59 Å². The second kappa shape index (κ2) is 5.88. The maximum Gasteiger partial charge on any atom is 0.273 e. The van der Waals surface area contributed by atoms with Crippen LogP contribution in [-0.4, -0.2) is 47.1 Å². The number of nitrogens with zero attached hydrogens (tertiary/aromatic N) is 2. The normalized spacial score (nSPS) is 16.1. The number of carbonyl (C=O) groups excluding carboxylic acids is 1. The molecule has 1 N–H and O–H groups in total. The number of para-hydroxylation sites is 2. The molecule has 0 fully saturated rings. The standard InChI is InChI=1S/C15H15N3O4/c1-18(15(20)11-6-17-14(19)7-16-11)8-10-9-21-12-4-2-3-5-13(12)22-10/h2-7,10H,8-9H2,1H3,(H,17,19). The van der Waals surface area contributed by atoms with E-state index < -0.39 is 0 Å². The first kappa shape index (κ1) is 14.1. The molecule has 1 aromatic heterocycles. The van der Waals surface area contributed by atoms with Gasteiger partial charge in [-0.1, -0.05) is 12.1 Å². The number of rotatable bonds is 3. The van der Waals surface area contributed by atoms with E-state index in [4.69, 9.17) is 9.47 Å². The fraction of sp³-hybridized carbons (Fsp3) is 0.267. The fourth-order valence-electron chi connectivity index (χ4n) is 2.20. The minimum absolute atomic E-state index is 0.180. The van der Waals surface area contributed by atoms with Gasteiger partial charge in [0.2, 0.25) is 0 Å². The molecule has 114 valence electrons. The molecule has 0 radical (unpaired) electrons. The van der Waals surface area contributed by atoms with Gasteiger partial charge in [-0.25, -0.2) is 4.98 Å². The first-order valence-electron chi connectivity index (χ1n) is 6.82. The third-order valence-electron chi connectivity index (χ3n) is 3.28. The average molecular weight is 301 g/mol. The van der Waals surface area contributed by atoms with Crippen LogP contribution in [0.15, 0.2) is 41.5 Å². The van der Waals surface area contributed by atoms with E-state index in [0.29, 0.717) is 24.7 Å². The van der Waals surface area contributed by atoms with Crippen molar-refractivity contribution in [3.63, 3.8) is 0 Å². The zero-order valence-corrected chi connectivity index (χ0v) is 12.0. The van der Waals surface area contributed by atoms with Crippen LogP contribution in [0.2, 0.25) is 0 Å². The van der Waals surface area contributed by atoms with Gasteiger partial charge in [0, 0.05) is 13.2 Å². The van der Waals surface area contributed by atoms with E-state index in [2.05, 4.69) is 9.97 Å². The molecule has 0 bridgehead atoms. The van der Waals surface area contributed by atoms with Crippen molar-refractivity contribution in [3.05, 3.63) is 52.7 Å². The number of likely N-dealkylation sites (N-methyl/N-ethyl adjacent to an activating group) is 1. The summed E-state index contributed by atoms with van der Waals surface area (Å²) in [4.78, 5) is 30.9. The molecule has 1 atom stereocenters. The molecular weight excluding hydrogens is 286 g/mol. The topological polar surface area (TPSA) is 84.5 Å². The highest BCUT2D eigenvalue weighted by molar-refractivity contribution is 5.91. The lowest BCUT2D eigenvalue weighted by atomic mass is 10.2. The maximum absolute atomic E-state index is 12.2. The smallest absolute Gasteiger partial charge is 0.273 e. The Kier molecular flexibility index (Phi) is 3.78. The SMILES string of the molecule is CN(CC1COc2ccccc2O1)C(=O)c1c[nH]c(=O)cn1. The summed E-state index contributed by atoms with van der Waals surface area (Å²) in [6.07, 6.45) is 2.12. The maximum atomic E-state index is 12.2. The Morgan fingerprint density at radius 3 is 2.91 bits per heavy atom. The third kappa shape index (κ3) is 2.93. The summed E-state index contributed by atoms with van der Waals surface area (Å²) in [5.41, 5.74) is -0.168. The molecule has 1 aromatic carbocycles. The first-order valence-corrected chi connectivity index (χ1v) is 6.82. The molecule has 0 spiro atoms. The minimum Gasteiger partial charge on any atom is -0.486 e. The summed E-state index contributed by atoms with van der Waals surface area (Å²) in [6, 6.07) is 7.40. The van der Waals surface area contributed by atoms with E-state index in [1.54, 1.807) is 7.05 Å². The van der Waals surface area contributed by atoms with Gasteiger partial charge in [0.15, 0.2) is 17.6 Å². The van der Waals surface area contributed by atoms with E-state index in [-0.39, 0.29) is 23.3 Å². The van der Waals surface area contributed by atoms with Crippen molar-refractivity contribution < 1.29 is 14.3 Å². The van der Waals surface area contributed by atoms with Gasteiger partial charge in [0.25, 0.3) is 11.5 Å². The van der Waals surface area contributed by atoms with Gasteiger partial charge in [-0.05, 0) is 12.1 Å². The zero-order valence-electron chi connectivity index (χ0n) is 12.0. The largest absolute Gasteiger partial charge is 0.486 e. The van der Waals surface area contributed by atoms with Gasteiger partial charge in [0.05, 0.1) is 12.7 Å². The van der Waals surface area contributed by atoms with Crippen molar-refractivity contribution in [2.24, 2.45) is 0 Å². The minimum atomic E-state index is -0.347. The quantitative estimate of drug-likeness (QED) is 0.901. The van der Waals surface area contributed by atoms with Crippen LogP contribution < -0.4 is 15.0 Å². The summed E-state index contributed by atoms with van der Waals surface area (Å²) >= 11 is 0. The molecule has 0 saturated carbocycles. The number of hydrogen-bond acceptors (Lipinski definition) is 5. The molecule has 7 nitrogen and oxygen atoms in total. The second-order valence-corrected chi connectivity index (χ2v) is 4.98. The summed E-state index contributed by atoms with van der Waals surface area (Å²) < 4.78 is 11.4. The van der Waals surface area contributed by atoms with Crippen LogP contribution in [0.25, 0.3) is 0 Å². The molecule has 0 saturated heterocycles. The van der Waals surface area contributed by atoms with Crippen LogP contribution >= 0.6 is 0 Å². The lowest BCUT2D eigenvalue weighted by Crippen LogP contribution is -2.42. The molecule has 1 amide bonds. The molecule has 1 aliphatic heterocycles. The van der Waals surface area contributed by atoms with Crippen molar-refractivity contribution in [1.82, 2.24) is 14.9 Å². The second-order valence-electron chi connectivity index (χ2n) is 4.98. The highest BCUT2D eigenvalue weighted by Gasteiger charge is 2.24. The highest BCUT2D eigenvalue weighted by atomic mass is 16.6. The Hall–Kier alpha value is -2.83. The van der Waals surface area contributed by atoms with Crippen LogP contribution in [0.1, 0.15) is 10.5 Å². The Bertz CT molecular complexity index is 723. The summed E-state index contributed by atoms with van der Waals surface area (Å²) in [6.45, 7) is 0.724. The number of carbonyl (C=O) groups is 1. The Morgan fingerprint density at radius 1 is 1.41 bits per heavy atom. The van der Waals surface area contributed by atoms with E-state index in [1.807, 2.05) is 24.3 Å². The van der Waals surface area contributed by atoms with E-state index >= 15 is 0 Å². The summed E-state index contributed by atoms with van der Waals surface area (Å²) in [5, 5.41) is 0. The fourth-order valence-corrected chi connectivity index (χ4v) is 2.20. The average Bonchev–Trinajstić information content (AvgIpc) is 2.55. The predicted octanol–water partition coefficient (Wildman–Crippen LogP) is 0.682. The lowest BCUT2D eigenvalue weighted by molar-refractivity contribution is 0.0517. The van der Waals surface area contributed by atoms with E-state index in [0.717, 1.165) is 6.20 Å². The Balaban J connectivity index is 1.65. The van der Waals surface area contributed by atoms with Crippen LogP contribution in [0.4, 0.5) is 0 Å². The zero-order chi connectivity index (χ0) is 15.5. The molecule has 2 aromatic rings. The Labute approximate surface area is 126 Å². The number of amides is 1. The molecule has 22 heavy (non-hydrogen) atoms. The number of H-pyrrole nitrogens is 1. The summed E-state index contributed by atoms with van der Waals surface area (Å²) in [5.74, 6) is 1.08. The highest BCUT2D eigenvalue weighted by Crippen LogP contribution is 2.30. The van der Waals surface area contributed by atoms with Gasteiger partial charge in [0.1, 0.15) is 12.3 Å². The number of hydrogen-bond donors (Lipinski definition) is 1. The van der Waals surface area contributed by atoms with Gasteiger partial charge in [-0.15, -0.1) is 0 Å². The van der Waals surface area contributed by atoms with Gasteiger partial charge >= 0.3 is 0 Å². The number of nitrogens with one attached hydrogen (secondary N) is 1. The molecule has 2 heterocycles. The lowest BCUT2D eigenvalue weighted by Gasteiger charge is -2.29. The van der Waals surface area contributed by atoms with Crippen molar-refractivity contribution in [3.8, 4) is 11.5 Å². The van der Waals surface area contributed by atoms with Crippen LogP contribution in [0, 0.1) is 0 Å². The molecule has 7 heteroatoms. The van der Waals surface area contributed by atoms with Crippen LogP contribution in [0.3, 0.4) is 0 Å². The number of benzene rings is 1. The van der Waals surface area contributed by atoms with Crippen molar-refractivity contribution in [2.45, 2.75) is 6.10 Å². The van der Waals surface area contributed by atoms with E-state index in [1.165, 1.54) is 11.1 Å². The number of ether oxygens (including phenoxy) is 2. The van der Waals surface area contributed by atoms with Crippen molar-refractivity contribution in [2.75, 3.05) is 20.2 Å². The molecule has 1 unspecified atom stereocenters. The molecule has 3 rings (SSSR count). The Morgan fingerprint density at radius 2 is 2.18 bits per heavy atom. The monoisotopic (exact) mass is 301 g/mol. The van der Waals surface area contributed by atoms with Gasteiger partial charge in [-0.2, -0.15) is 0 Å². The van der Waals surface area contributed by atoms with Gasteiger partial charge in [-0.3, -0.25) is 9.59 Å². The summed E-state index contributed by atoms with van der Waals surface area (Å²) in [7, 11) is 1.65. The number of aromatic nitrogens is 2. The molecular formula is C15H15N3O4. The predicted molar refractivity (Wildman–Crippen MR) is 78.2 cm³/mol. The van der Waals surface area contributed by atoms with Crippen molar-refractivity contribution >= 4 is 5.91 Å². The van der Waals surface area contributed by atoms with Crippen molar-refractivity contribution in [1.29, 1.82) is 0 Å². The van der Waals surface area contributed by atoms with Gasteiger partial charge < -0.3 is 19.4 Å².